The van der Waals surface area contributed by atoms with Crippen molar-refractivity contribution in [1.82, 2.24) is 10.2 Å². The first-order valence-corrected chi connectivity index (χ1v) is 8.26. The Hall–Kier alpha value is -1.55. The maximum absolute atomic E-state index is 10.5. The molecule has 1 amide bonds. The molecule has 1 aliphatic carbocycles. The van der Waals surface area contributed by atoms with Crippen molar-refractivity contribution in [1.29, 1.82) is 0 Å². The summed E-state index contributed by atoms with van der Waals surface area (Å²) in [5, 5.41) is 11.1. The van der Waals surface area contributed by atoms with Crippen LogP contribution in [0.2, 0.25) is 0 Å². The number of hydrogen-bond acceptors (Lipinski definition) is 2. The molecule has 1 saturated carbocycles. The minimum Gasteiger partial charge on any atom is -0.465 e. The van der Waals surface area contributed by atoms with E-state index < -0.39 is 6.09 Å². The lowest BCUT2D eigenvalue weighted by Gasteiger charge is -2.37. The topological polar surface area (TPSA) is 52.6 Å². The lowest BCUT2D eigenvalue weighted by Crippen LogP contribution is -2.31. The molecule has 4 nitrogen and oxygen atoms in total. The highest BCUT2D eigenvalue weighted by molar-refractivity contribution is 5.64. The molecule has 0 radical (unpaired) electrons. The molecule has 0 bridgehead atoms. The fraction of sp³-hybridized carbons (Fsp3) is 0.611. The Kier molecular flexibility index (Phi) is 6.25. The summed E-state index contributed by atoms with van der Waals surface area (Å²) in [6.07, 6.45) is 4.94. The quantitative estimate of drug-likeness (QED) is 0.841. The van der Waals surface area contributed by atoms with Crippen LogP contribution in [0.25, 0.3) is 0 Å². The zero-order valence-electron chi connectivity index (χ0n) is 13.7. The predicted octanol–water partition coefficient (Wildman–Crippen LogP) is 3.75. The van der Waals surface area contributed by atoms with Crippen molar-refractivity contribution in [3.8, 4) is 0 Å². The van der Waals surface area contributed by atoms with Crippen LogP contribution in [0.4, 0.5) is 4.79 Å². The second-order valence-corrected chi connectivity index (χ2v) is 6.62. The second kappa shape index (κ2) is 8.18. The number of nitrogens with one attached hydrogen (secondary N) is 1. The third-order valence-corrected chi connectivity index (χ3v) is 4.86. The van der Waals surface area contributed by atoms with E-state index in [0.717, 1.165) is 6.42 Å². The van der Waals surface area contributed by atoms with Crippen LogP contribution in [0.1, 0.15) is 43.7 Å². The molecule has 122 valence electrons. The van der Waals surface area contributed by atoms with Gasteiger partial charge in [0.2, 0.25) is 0 Å². The smallest absolute Gasteiger partial charge is 0.404 e. The maximum atomic E-state index is 10.5. The number of rotatable bonds is 6. The number of carboxylic acid groups (broad SMARTS) is 1. The van der Waals surface area contributed by atoms with Crippen LogP contribution in [0.15, 0.2) is 30.3 Å². The molecule has 4 heteroatoms. The van der Waals surface area contributed by atoms with E-state index in [1.165, 1.54) is 31.2 Å². The molecule has 2 N–H and O–H groups in total. The number of amides is 1. The van der Waals surface area contributed by atoms with Gasteiger partial charge in [-0.2, -0.15) is 0 Å². The molecule has 1 fully saturated rings. The Morgan fingerprint density at radius 1 is 1.23 bits per heavy atom. The van der Waals surface area contributed by atoms with Crippen molar-refractivity contribution in [2.45, 2.75) is 38.1 Å². The van der Waals surface area contributed by atoms with E-state index >= 15 is 0 Å². The van der Waals surface area contributed by atoms with Crippen LogP contribution in [-0.2, 0) is 0 Å². The van der Waals surface area contributed by atoms with Crippen molar-refractivity contribution in [2.75, 3.05) is 20.6 Å². The van der Waals surface area contributed by atoms with Crippen molar-refractivity contribution in [3.05, 3.63) is 35.9 Å². The summed E-state index contributed by atoms with van der Waals surface area (Å²) in [7, 11) is 4.33. The van der Waals surface area contributed by atoms with Gasteiger partial charge in [-0.05, 0) is 50.8 Å². The molecular formula is C18H28N2O2. The molecule has 1 aliphatic rings. The molecule has 1 atom stereocenters. The van der Waals surface area contributed by atoms with Gasteiger partial charge in [-0.25, -0.2) is 4.79 Å². The average molecular weight is 304 g/mol. The minimum atomic E-state index is -0.912. The highest BCUT2D eigenvalue weighted by Crippen LogP contribution is 2.39. The van der Waals surface area contributed by atoms with E-state index in [4.69, 9.17) is 5.11 Å². The number of carbonyl (C=O) groups is 1. The standard InChI is InChI=1S/C18H28N2O2/c1-20(2)17(15-6-4-3-5-7-15)16-10-8-14(9-11-16)12-13-19-18(21)22/h3-7,14,16-17,19H,8-13H2,1-2H3,(H,21,22). The van der Waals surface area contributed by atoms with Crippen molar-refractivity contribution in [3.63, 3.8) is 0 Å². The molecule has 0 aliphatic heterocycles. The van der Waals surface area contributed by atoms with Gasteiger partial charge in [-0.1, -0.05) is 43.2 Å². The first kappa shape index (κ1) is 16.8. The van der Waals surface area contributed by atoms with Crippen LogP contribution < -0.4 is 5.32 Å². The highest BCUT2D eigenvalue weighted by Gasteiger charge is 2.29. The Balaban J connectivity index is 1.87. The third-order valence-electron chi connectivity index (χ3n) is 4.86. The summed E-state index contributed by atoms with van der Waals surface area (Å²) in [4.78, 5) is 12.8. The fourth-order valence-corrected chi connectivity index (χ4v) is 3.82. The Morgan fingerprint density at radius 2 is 1.86 bits per heavy atom. The zero-order chi connectivity index (χ0) is 15.9. The van der Waals surface area contributed by atoms with Gasteiger partial charge in [0, 0.05) is 12.6 Å². The second-order valence-electron chi connectivity index (χ2n) is 6.62. The van der Waals surface area contributed by atoms with E-state index in [2.05, 4.69) is 54.6 Å². The van der Waals surface area contributed by atoms with E-state index in [-0.39, 0.29) is 0 Å². The lowest BCUT2D eigenvalue weighted by molar-refractivity contribution is 0.145. The molecule has 0 heterocycles. The molecule has 0 aromatic heterocycles. The third kappa shape index (κ3) is 4.73. The SMILES string of the molecule is CN(C)C(c1ccccc1)C1CCC(CCNC(=O)O)CC1. The van der Waals surface area contributed by atoms with Gasteiger partial charge in [0.1, 0.15) is 0 Å². The summed E-state index contributed by atoms with van der Waals surface area (Å²) in [6, 6.07) is 11.3. The largest absolute Gasteiger partial charge is 0.465 e. The summed E-state index contributed by atoms with van der Waals surface area (Å²) < 4.78 is 0. The zero-order valence-corrected chi connectivity index (χ0v) is 13.7. The highest BCUT2D eigenvalue weighted by atomic mass is 16.4. The summed E-state index contributed by atoms with van der Waals surface area (Å²) in [5.41, 5.74) is 1.41. The molecule has 2 rings (SSSR count). The minimum absolute atomic E-state index is 0.485. The number of benzene rings is 1. The summed E-state index contributed by atoms with van der Waals surface area (Å²) in [6.45, 7) is 0.584. The first-order valence-electron chi connectivity index (χ1n) is 8.26. The molecule has 1 unspecified atom stereocenters. The number of hydrogen-bond donors (Lipinski definition) is 2. The van der Waals surface area contributed by atoms with Crippen LogP contribution >= 0.6 is 0 Å². The van der Waals surface area contributed by atoms with Crippen molar-refractivity contribution < 1.29 is 9.90 Å². The Bertz CT molecular complexity index is 453. The van der Waals surface area contributed by atoms with Gasteiger partial charge in [0.05, 0.1) is 0 Å². The molecule has 22 heavy (non-hydrogen) atoms. The van der Waals surface area contributed by atoms with Crippen molar-refractivity contribution >= 4 is 6.09 Å². The predicted molar refractivity (Wildman–Crippen MR) is 89.0 cm³/mol. The van der Waals surface area contributed by atoms with E-state index in [9.17, 15) is 4.79 Å². The number of nitrogens with zero attached hydrogens (tertiary/aromatic N) is 1. The average Bonchev–Trinajstić information content (AvgIpc) is 2.49. The van der Waals surface area contributed by atoms with Gasteiger partial charge in [-0.15, -0.1) is 0 Å². The molecular weight excluding hydrogens is 276 g/mol. The fourth-order valence-electron chi connectivity index (χ4n) is 3.82. The maximum Gasteiger partial charge on any atom is 0.404 e. The Labute approximate surface area is 133 Å². The monoisotopic (exact) mass is 304 g/mol. The van der Waals surface area contributed by atoms with Gasteiger partial charge >= 0.3 is 6.09 Å². The van der Waals surface area contributed by atoms with Crippen molar-refractivity contribution in [2.24, 2.45) is 11.8 Å². The van der Waals surface area contributed by atoms with Gasteiger partial charge in [0.15, 0.2) is 0 Å². The molecule has 1 aromatic rings. The van der Waals surface area contributed by atoms with E-state index in [0.29, 0.717) is 24.4 Å². The van der Waals surface area contributed by atoms with Crippen LogP contribution in [0.5, 0.6) is 0 Å². The lowest BCUT2D eigenvalue weighted by atomic mass is 9.75. The van der Waals surface area contributed by atoms with E-state index in [1.54, 1.807) is 0 Å². The van der Waals surface area contributed by atoms with Crippen LogP contribution in [0, 0.1) is 11.8 Å². The van der Waals surface area contributed by atoms with E-state index in [1.807, 2.05) is 0 Å². The summed E-state index contributed by atoms with van der Waals surface area (Å²) in [5.74, 6) is 1.36. The van der Waals surface area contributed by atoms with Gasteiger partial charge in [-0.3, -0.25) is 0 Å². The van der Waals surface area contributed by atoms with Crippen LogP contribution in [-0.4, -0.2) is 36.7 Å². The molecule has 1 aromatic carbocycles. The van der Waals surface area contributed by atoms with Crippen LogP contribution in [0.3, 0.4) is 0 Å². The molecule has 0 spiro atoms. The van der Waals surface area contributed by atoms with Gasteiger partial charge in [0.25, 0.3) is 0 Å². The first-order chi connectivity index (χ1) is 10.6. The summed E-state index contributed by atoms with van der Waals surface area (Å²) >= 11 is 0. The van der Waals surface area contributed by atoms with Gasteiger partial charge < -0.3 is 15.3 Å². The normalized spacial score (nSPS) is 23.2. The molecule has 0 saturated heterocycles. The Morgan fingerprint density at radius 3 is 2.41 bits per heavy atom.